The summed E-state index contributed by atoms with van der Waals surface area (Å²) >= 11 is 0. The third-order valence-corrected chi connectivity index (χ3v) is 3.54. The van der Waals surface area contributed by atoms with Crippen LogP contribution in [0.3, 0.4) is 0 Å². The molecule has 2 rings (SSSR count). The van der Waals surface area contributed by atoms with Crippen LogP contribution < -0.4 is 15.5 Å². The van der Waals surface area contributed by atoms with Crippen LogP contribution in [0.5, 0.6) is 0 Å². The summed E-state index contributed by atoms with van der Waals surface area (Å²) in [5.74, 6) is 0.445. The Labute approximate surface area is 142 Å². The topological polar surface area (TPSA) is 83.6 Å². The van der Waals surface area contributed by atoms with Gasteiger partial charge in [-0.05, 0) is 52.7 Å². The van der Waals surface area contributed by atoms with Crippen molar-refractivity contribution in [3.63, 3.8) is 0 Å². The number of amides is 2. The van der Waals surface area contributed by atoms with Crippen molar-refractivity contribution in [3.8, 4) is 0 Å². The van der Waals surface area contributed by atoms with Crippen LogP contribution in [-0.2, 0) is 9.53 Å². The van der Waals surface area contributed by atoms with Gasteiger partial charge in [-0.15, -0.1) is 0 Å². The van der Waals surface area contributed by atoms with E-state index in [2.05, 4.69) is 20.5 Å². The number of hydrogen-bond acceptors (Lipinski definition) is 5. The summed E-state index contributed by atoms with van der Waals surface area (Å²) in [4.78, 5) is 30.4. The summed E-state index contributed by atoms with van der Waals surface area (Å²) in [5, 5.41) is 5.23. The van der Waals surface area contributed by atoms with Crippen molar-refractivity contribution in [2.24, 2.45) is 0 Å². The number of esters is 1. The molecule has 2 heterocycles. The third kappa shape index (κ3) is 5.40. The van der Waals surface area contributed by atoms with Crippen molar-refractivity contribution in [3.05, 3.63) is 18.3 Å². The highest BCUT2D eigenvalue weighted by Gasteiger charge is 2.23. The van der Waals surface area contributed by atoms with Gasteiger partial charge in [0.05, 0.1) is 11.9 Å². The molecule has 1 fully saturated rings. The zero-order chi connectivity index (χ0) is 17.7. The van der Waals surface area contributed by atoms with E-state index in [4.69, 9.17) is 4.74 Å². The second-order valence-corrected chi connectivity index (χ2v) is 6.95. The number of anilines is 2. The van der Waals surface area contributed by atoms with Gasteiger partial charge in [-0.2, -0.15) is 0 Å². The van der Waals surface area contributed by atoms with E-state index in [1.165, 1.54) is 12.8 Å². The molecule has 0 saturated carbocycles. The van der Waals surface area contributed by atoms with Crippen LogP contribution in [0, 0.1) is 0 Å². The molecule has 0 radical (unpaired) electrons. The van der Waals surface area contributed by atoms with Crippen molar-refractivity contribution in [2.75, 3.05) is 23.3 Å². The fraction of sp³-hybridized carbons (Fsp3) is 0.588. The Morgan fingerprint density at radius 2 is 1.92 bits per heavy atom. The molecule has 0 bridgehead atoms. The second kappa shape index (κ2) is 7.51. The number of hydrogen-bond donors (Lipinski definition) is 2. The van der Waals surface area contributed by atoms with E-state index in [0.717, 1.165) is 18.9 Å². The van der Waals surface area contributed by atoms with Crippen molar-refractivity contribution in [2.45, 2.75) is 52.2 Å². The highest BCUT2D eigenvalue weighted by Crippen LogP contribution is 2.19. The largest absolute Gasteiger partial charge is 0.458 e. The lowest BCUT2D eigenvalue weighted by Crippen LogP contribution is -2.44. The normalized spacial score (nSPS) is 15.8. The Morgan fingerprint density at radius 3 is 2.46 bits per heavy atom. The number of urea groups is 1. The first-order valence-electron chi connectivity index (χ1n) is 8.26. The molecule has 1 aromatic heterocycles. The standard InChI is InChI=1S/C17H26N4O3/c1-12(15(22)24-17(2,3)4)19-16(23)20-13-7-8-14(18-11-13)21-9-5-6-10-21/h7-8,11-12H,5-6,9-10H2,1-4H3,(H2,19,20,23)/t12-/m1/s1. The summed E-state index contributed by atoms with van der Waals surface area (Å²) in [6, 6.07) is 2.49. The number of ether oxygens (including phenoxy) is 1. The van der Waals surface area contributed by atoms with Gasteiger partial charge in [-0.3, -0.25) is 0 Å². The van der Waals surface area contributed by atoms with Gasteiger partial charge >= 0.3 is 12.0 Å². The molecule has 24 heavy (non-hydrogen) atoms. The zero-order valence-corrected chi connectivity index (χ0v) is 14.8. The zero-order valence-electron chi connectivity index (χ0n) is 14.8. The first-order valence-corrected chi connectivity index (χ1v) is 8.26. The molecule has 1 aromatic rings. The maximum Gasteiger partial charge on any atom is 0.328 e. The average molecular weight is 334 g/mol. The number of carbonyl (C=O) groups is 2. The van der Waals surface area contributed by atoms with Crippen LogP contribution in [0.1, 0.15) is 40.5 Å². The molecule has 0 aromatic carbocycles. The smallest absolute Gasteiger partial charge is 0.328 e. The summed E-state index contributed by atoms with van der Waals surface area (Å²) < 4.78 is 5.22. The highest BCUT2D eigenvalue weighted by molar-refractivity contribution is 5.92. The van der Waals surface area contributed by atoms with Gasteiger partial charge in [-0.25, -0.2) is 14.6 Å². The van der Waals surface area contributed by atoms with Crippen LogP contribution in [-0.4, -0.2) is 41.7 Å². The van der Waals surface area contributed by atoms with E-state index < -0.39 is 23.6 Å². The quantitative estimate of drug-likeness (QED) is 0.827. The van der Waals surface area contributed by atoms with Gasteiger partial charge in [0.2, 0.25) is 0 Å². The van der Waals surface area contributed by atoms with E-state index in [0.29, 0.717) is 5.69 Å². The van der Waals surface area contributed by atoms with Crippen molar-refractivity contribution in [1.82, 2.24) is 10.3 Å². The first kappa shape index (κ1) is 18.0. The molecular weight excluding hydrogens is 308 g/mol. The Morgan fingerprint density at radius 1 is 1.25 bits per heavy atom. The molecule has 0 aliphatic carbocycles. The van der Waals surface area contributed by atoms with Crippen LogP contribution in [0.25, 0.3) is 0 Å². The van der Waals surface area contributed by atoms with E-state index in [-0.39, 0.29) is 0 Å². The molecule has 1 atom stereocenters. The molecule has 7 nitrogen and oxygen atoms in total. The SMILES string of the molecule is C[C@@H](NC(=O)Nc1ccc(N2CCCC2)nc1)C(=O)OC(C)(C)C. The van der Waals surface area contributed by atoms with Crippen LogP contribution >= 0.6 is 0 Å². The number of pyridine rings is 1. The van der Waals surface area contributed by atoms with E-state index >= 15 is 0 Å². The minimum absolute atomic E-state index is 0.468. The average Bonchev–Trinajstić information content (AvgIpc) is 3.00. The van der Waals surface area contributed by atoms with E-state index in [1.807, 2.05) is 6.07 Å². The lowest BCUT2D eigenvalue weighted by Gasteiger charge is -2.22. The van der Waals surface area contributed by atoms with Crippen molar-refractivity contribution in [1.29, 1.82) is 0 Å². The maximum atomic E-state index is 12.0. The van der Waals surface area contributed by atoms with Crippen LogP contribution in [0.2, 0.25) is 0 Å². The molecule has 0 spiro atoms. The fourth-order valence-corrected chi connectivity index (χ4v) is 2.41. The van der Waals surface area contributed by atoms with Gasteiger partial charge in [0.25, 0.3) is 0 Å². The summed E-state index contributed by atoms with van der Waals surface area (Å²) in [6.07, 6.45) is 3.99. The first-order chi connectivity index (χ1) is 11.2. The second-order valence-electron chi connectivity index (χ2n) is 6.95. The van der Waals surface area contributed by atoms with Crippen molar-refractivity contribution < 1.29 is 14.3 Å². The molecule has 132 valence electrons. The molecule has 7 heteroatoms. The molecule has 0 unspecified atom stereocenters. The number of nitrogens with one attached hydrogen (secondary N) is 2. The molecular formula is C17H26N4O3. The predicted molar refractivity (Wildman–Crippen MR) is 93.1 cm³/mol. The summed E-state index contributed by atoms with van der Waals surface area (Å²) in [6.45, 7) is 8.98. The number of carbonyl (C=O) groups excluding carboxylic acids is 2. The Kier molecular flexibility index (Phi) is 5.64. The lowest BCUT2D eigenvalue weighted by molar-refractivity contribution is -0.156. The molecule has 1 aliphatic rings. The van der Waals surface area contributed by atoms with E-state index in [1.54, 1.807) is 40.0 Å². The van der Waals surface area contributed by atoms with Gasteiger partial charge < -0.3 is 20.3 Å². The predicted octanol–water partition coefficient (Wildman–Crippen LogP) is 2.53. The molecule has 1 saturated heterocycles. The van der Waals surface area contributed by atoms with Crippen LogP contribution in [0.15, 0.2) is 18.3 Å². The van der Waals surface area contributed by atoms with Gasteiger partial charge in [0.1, 0.15) is 17.5 Å². The number of nitrogens with zero attached hydrogens (tertiary/aromatic N) is 2. The minimum Gasteiger partial charge on any atom is -0.458 e. The molecule has 2 amide bonds. The number of rotatable bonds is 4. The number of aromatic nitrogens is 1. The maximum absolute atomic E-state index is 12.0. The fourth-order valence-electron chi connectivity index (χ4n) is 2.41. The Balaban J connectivity index is 1.84. The van der Waals surface area contributed by atoms with E-state index in [9.17, 15) is 9.59 Å². The molecule has 2 N–H and O–H groups in total. The molecule has 1 aliphatic heterocycles. The Hall–Kier alpha value is -2.31. The van der Waals surface area contributed by atoms with Gasteiger partial charge in [0.15, 0.2) is 0 Å². The Bertz CT molecular complexity index is 574. The summed E-state index contributed by atoms with van der Waals surface area (Å²) in [5.41, 5.74) is -0.00873. The van der Waals surface area contributed by atoms with Crippen molar-refractivity contribution >= 4 is 23.5 Å². The monoisotopic (exact) mass is 334 g/mol. The summed E-state index contributed by atoms with van der Waals surface area (Å²) in [7, 11) is 0. The van der Waals surface area contributed by atoms with Gasteiger partial charge in [-0.1, -0.05) is 0 Å². The minimum atomic E-state index is -0.735. The lowest BCUT2D eigenvalue weighted by atomic mass is 10.2. The van der Waals surface area contributed by atoms with Crippen LogP contribution in [0.4, 0.5) is 16.3 Å². The highest BCUT2D eigenvalue weighted by atomic mass is 16.6. The van der Waals surface area contributed by atoms with Gasteiger partial charge in [0, 0.05) is 13.1 Å². The third-order valence-electron chi connectivity index (χ3n) is 3.54.